The SMILES string of the molecule is NC(=O)c1ccc([N+](=O)[O-])c(CCN2CCOCC2)c1C(N)=O. The molecule has 1 fully saturated rings. The number of carbonyl (C=O) groups excluding carboxylic acids is 2. The number of nitro benzene ring substituents is 1. The molecule has 0 aliphatic carbocycles. The van der Waals surface area contributed by atoms with Gasteiger partial charge in [0.15, 0.2) is 0 Å². The number of carbonyl (C=O) groups is 2. The lowest BCUT2D eigenvalue weighted by molar-refractivity contribution is -0.385. The van der Waals surface area contributed by atoms with Crippen molar-refractivity contribution in [2.45, 2.75) is 6.42 Å². The molecule has 4 N–H and O–H groups in total. The van der Waals surface area contributed by atoms with Crippen LogP contribution in [0.4, 0.5) is 5.69 Å². The van der Waals surface area contributed by atoms with Gasteiger partial charge in [-0.2, -0.15) is 0 Å². The van der Waals surface area contributed by atoms with Crippen LogP contribution in [0.1, 0.15) is 26.3 Å². The lowest BCUT2D eigenvalue weighted by Crippen LogP contribution is -2.37. The lowest BCUT2D eigenvalue weighted by Gasteiger charge is -2.26. The number of ether oxygens (including phenoxy) is 1. The molecular formula is C14H18N4O5. The van der Waals surface area contributed by atoms with Crippen LogP contribution in [0.3, 0.4) is 0 Å². The summed E-state index contributed by atoms with van der Waals surface area (Å²) < 4.78 is 5.24. The van der Waals surface area contributed by atoms with Gasteiger partial charge in [-0.3, -0.25) is 24.6 Å². The summed E-state index contributed by atoms with van der Waals surface area (Å²) in [5.74, 6) is -1.75. The molecule has 124 valence electrons. The van der Waals surface area contributed by atoms with Crippen molar-refractivity contribution in [1.82, 2.24) is 4.90 Å². The monoisotopic (exact) mass is 322 g/mol. The Hall–Kier alpha value is -2.52. The van der Waals surface area contributed by atoms with Crippen LogP contribution in [-0.2, 0) is 11.2 Å². The Balaban J connectivity index is 2.39. The zero-order chi connectivity index (χ0) is 17.0. The molecule has 1 aliphatic rings. The van der Waals surface area contributed by atoms with E-state index in [9.17, 15) is 19.7 Å². The van der Waals surface area contributed by atoms with Crippen LogP contribution >= 0.6 is 0 Å². The summed E-state index contributed by atoms with van der Waals surface area (Å²) in [6, 6.07) is 2.35. The molecule has 1 aromatic carbocycles. The maximum absolute atomic E-state index is 11.7. The Morgan fingerprint density at radius 1 is 1.22 bits per heavy atom. The molecular weight excluding hydrogens is 304 g/mol. The molecule has 1 aromatic rings. The number of nitrogens with zero attached hydrogens (tertiary/aromatic N) is 2. The third-order valence-electron chi connectivity index (χ3n) is 3.78. The first kappa shape index (κ1) is 16.8. The van der Waals surface area contributed by atoms with Gasteiger partial charge < -0.3 is 16.2 Å². The van der Waals surface area contributed by atoms with Gasteiger partial charge in [0.05, 0.1) is 29.3 Å². The fraction of sp³-hybridized carbons (Fsp3) is 0.429. The highest BCUT2D eigenvalue weighted by Gasteiger charge is 2.26. The summed E-state index contributed by atoms with van der Waals surface area (Å²) in [7, 11) is 0. The molecule has 9 heteroatoms. The molecule has 0 aromatic heterocycles. The van der Waals surface area contributed by atoms with Crippen molar-refractivity contribution < 1.29 is 19.2 Å². The van der Waals surface area contributed by atoms with E-state index in [2.05, 4.69) is 4.90 Å². The molecule has 1 aliphatic heterocycles. The molecule has 0 spiro atoms. The van der Waals surface area contributed by atoms with Gasteiger partial charge in [-0.1, -0.05) is 0 Å². The second kappa shape index (κ2) is 7.16. The van der Waals surface area contributed by atoms with Crippen molar-refractivity contribution in [2.24, 2.45) is 11.5 Å². The third kappa shape index (κ3) is 3.82. The summed E-state index contributed by atoms with van der Waals surface area (Å²) in [5, 5.41) is 11.2. The molecule has 0 bridgehead atoms. The number of benzene rings is 1. The number of morpholine rings is 1. The Labute approximate surface area is 132 Å². The molecule has 23 heavy (non-hydrogen) atoms. The van der Waals surface area contributed by atoms with Gasteiger partial charge in [-0.05, 0) is 12.5 Å². The van der Waals surface area contributed by atoms with E-state index in [0.717, 1.165) is 0 Å². The average Bonchev–Trinajstić information content (AvgIpc) is 2.52. The van der Waals surface area contributed by atoms with Gasteiger partial charge in [0, 0.05) is 31.3 Å². The van der Waals surface area contributed by atoms with Crippen LogP contribution in [0.15, 0.2) is 12.1 Å². The molecule has 0 atom stereocenters. The van der Waals surface area contributed by atoms with Crippen molar-refractivity contribution in [3.63, 3.8) is 0 Å². The summed E-state index contributed by atoms with van der Waals surface area (Å²) in [6.07, 6.45) is 0.218. The van der Waals surface area contributed by atoms with Gasteiger partial charge in [-0.25, -0.2) is 0 Å². The number of primary amides is 2. The number of hydrogen-bond donors (Lipinski definition) is 2. The fourth-order valence-electron chi connectivity index (χ4n) is 2.64. The van der Waals surface area contributed by atoms with Crippen LogP contribution in [0.2, 0.25) is 0 Å². The predicted molar refractivity (Wildman–Crippen MR) is 81.1 cm³/mol. The van der Waals surface area contributed by atoms with Gasteiger partial charge in [0.25, 0.3) is 5.69 Å². The lowest BCUT2D eigenvalue weighted by atomic mass is 9.95. The van der Waals surface area contributed by atoms with E-state index >= 15 is 0 Å². The van der Waals surface area contributed by atoms with E-state index in [0.29, 0.717) is 32.8 Å². The molecule has 1 heterocycles. The normalized spacial score (nSPS) is 15.3. The number of amides is 2. The first-order valence-corrected chi connectivity index (χ1v) is 7.11. The highest BCUT2D eigenvalue weighted by molar-refractivity contribution is 6.07. The Kier molecular flexibility index (Phi) is 5.24. The van der Waals surface area contributed by atoms with Gasteiger partial charge >= 0.3 is 0 Å². The molecule has 9 nitrogen and oxygen atoms in total. The summed E-state index contributed by atoms with van der Waals surface area (Å²) in [4.78, 5) is 35.9. The van der Waals surface area contributed by atoms with Crippen LogP contribution < -0.4 is 11.5 Å². The summed E-state index contributed by atoms with van der Waals surface area (Å²) >= 11 is 0. The van der Waals surface area contributed by atoms with E-state index < -0.39 is 16.7 Å². The minimum absolute atomic E-state index is 0.0972. The van der Waals surface area contributed by atoms with E-state index in [1.807, 2.05) is 0 Å². The largest absolute Gasteiger partial charge is 0.379 e. The first-order chi connectivity index (χ1) is 10.9. The highest BCUT2D eigenvalue weighted by Crippen LogP contribution is 2.26. The van der Waals surface area contributed by atoms with Crippen molar-refractivity contribution in [1.29, 1.82) is 0 Å². The molecule has 2 amide bonds. The Morgan fingerprint density at radius 2 is 1.87 bits per heavy atom. The quantitative estimate of drug-likeness (QED) is 0.542. The van der Waals surface area contributed by atoms with Gasteiger partial charge in [-0.15, -0.1) is 0 Å². The van der Waals surface area contributed by atoms with Crippen molar-refractivity contribution in [3.8, 4) is 0 Å². The van der Waals surface area contributed by atoms with Crippen LogP contribution in [0.25, 0.3) is 0 Å². The molecule has 0 radical (unpaired) electrons. The summed E-state index contributed by atoms with van der Waals surface area (Å²) in [5.41, 5.74) is 10.2. The van der Waals surface area contributed by atoms with Gasteiger partial charge in [0.1, 0.15) is 0 Å². The topological polar surface area (TPSA) is 142 Å². The third-order valence-corrected chi connectivity index (χ3v) is 3.78. The van der Waals surface area contributed by atoms with Crippen molar-refractivity contribution in [3.05, 3.63) is 38.9 Å². The first-order valence-electron chi connectivity index (χ1n) is 7.11. The average molecular weight is 322 g/mol. The molecule has 2 rings (SSSR count). The van der Waals surface area contributed by atoms with Crippen LogP contribution in [-0.4, -0.2) is 54.5 Å². The van der Waals surface area contributed by atoms with Crippen LogP contribution in [0, 0.1) is 10.1 Å². The zero-order valence-electron chi connectivity index (χ0n) is 12.5. The maximum Gasteiger partial charge on any atom is 0.273 e. The zero-order valence-corrected chi connectivity index (χ0v) is 12.5. The minimum Gasteiger partial charge on any atom is -0.379 e. The maximum atomic E-state index is 11.7. The molecule has 0 unspecified atom stereocenters. The van der Waals surface area contributed by atoms with E-state index in [-0.39, 0.29) is 28.8 Å². The molecule has 0 saturated carbocycles. The Bertz CT molecular complexity index is 640. The predicted octanol–water partition coefficient (Wildman–Crippen LogP) is -0.333. The Morgan fingerprint density at radius 3 is 2.39 bits per heavy atom. The van der Waals surface area contributed by atoms with E-state index in [4.69, 9.17) is 16.2 Å². The minimum atomic E-state index is -0.903. The number of nitro groups is 1. The highest BCUT2D eigenvalue weighted by atomic mass is 16.6. The number of nitrogens with two attached hydrogens (primary N) is 2. The fourth-order valence-corrected chi connectivity index (χ4v) is 2.64. The number of hydrogen-bond acceptors (Lipinski definition) is 6. The summed E-state index contributed by atoms with van der Waals surface area (Å²) in [6.45, 7) is 3.08. The van der Waals surface area contributed by atoms with E-state index in [1.54, 1.807) is 0 Å². The van der Waals surface area contributed by atoms with E-state index in [1.165, 1.54) is 12.1 Å². The second-order valence-corrected chi connectivity index (χ2v) is 5.18. The van der Waals surface area contributed by atoms with Crippen LogP contribution in [0.5, 0.6) is 0 Å². The smallest absolute Gasteiger partial charge is 0.273 e. The van der Waals surface area contributed by atoms with Crippen molar-refractivity contribution >= 4 is 17.5 Å². The van der Waals surface area contributed by atoms with Crippen molar-refractivity contribution in [2.75, 3.05) is 32.8 Å². The second-order valence-electron chi connectivity index (χ2n) is 5.18. The van der Waals surface area contributed by atoms with Gasteiger partial charge in [0.2, 0.25) is 11.8 Å². The standard InChI is InChI=1S/C14H18N4O5/c15-13(19)10-1-2-11(18(21)22)9(12(10)14(16)20)3-4-17-5-7-23-8-6-17/h1-2H,3-8H2,(H2,15,19)(H2,16,20). The molecule has 1 saturated heterocycles. The number of rotatable bonds is 6.